The monoisotopic (exact) mass is 546 g/mol. The third kappa shape index (κ3) is 4.64. The lowest BCUT2D eigenvalue weighted by Crippen LogP contribution is -2.66. The molecule has 0 aromatic heterocycles. The van der Waals surface area contributed by atoms with Crippen molar-refractivity contribution in [3.8, 4) is 0 Å². The topological polar surface area (TPSA) is 63.2 Å². The summed E-state index contributed by atoms with van der Waals surface area (Å²) in [5, 5.41) is 0. The van der Waals surface area contributed by atoms with E-state index in [4.69, 9.17) is 23.7 Å². The van der Waals surface area contributed by atoms with Crippen molar-refractivity contribution in [1.82, 2.24) is 0 Å². The highest BCUT2D eigenvalue weighted by molar-refractivity contribution is 5.75. The van der Waals surface area contributed by atoms with Crippen LogP contribution < -0.4 is 0 Å². The number of hydrogen-bond donors (Lipinski definition) is 0. The Bertz CT molecular complexity index is 929. The van der Waals surface area contributed by atoms with E-state index in [0.717, 1.165) is 38.5 Å². The lowest BCUT2D eigenvalue weighted by molar-refractivity contribution is -0.265. The molecule has 39 heavy (non-hydrogen) atoms. The second kappa shape index (κ2) is 11.0. The van der Waals surface area contributed by atoms with Gasteiger partial charge in [0, 0.05) is 20.1 Å². The number of rotatable bonds is 9. The van der Waals surface area contributed by atoms with Crippen LogP contribution in [0.5, 0.6) is 0 Å². The zero-order chi connectivity index (χ0) is 28.2. The highest BCUT2D eigenvalue weighted by atomic mass is 16.7. The van der Waals surface area contributed by atoms with Crippen LogP contribution in [0.3, 0.4) is 0 Å². The Hall–Kier alpha value is -0.950. The number of allylic oxidation sites excluding steroid dienone is 2. The molecule has 1 aliphatic heterocycles. The fourth-order valence-corrected chi connectivity index (χ4v) is 11.0. The minimum atomic E-state index is 0.000898. The van der Waals surface area contributed by atoms with Gasteiger partial charge >= 0.3 is 5.97 Å². The van der Waals surface area contributed by atoms with Crippen molar-refractivity contribution in [2.45, 2.75) is 111 Å². The molecule has 5 aliphatic rings. The van der Waals surface area contributed by atoms with Crippen LogP contribution >= 0.6 is 0 Å². The third-order valence-corrected chi connectivity index (χ3v) is 12.8. The first-order valence-corrected chi connectivity index (χ1v) is 15.6. The molecule has 222 valence electrons. The summed E-state index contributed by atoms with van der Waals surface area (Å²) < 4.78 is 29.8. The Morgan fingerprint density at radius 2 is 1.67 bits per heavy atom. The summed E-state index contributed by atoms with van der Waals surface area (Å²) in [6, 6.07) is 0. The molecule has 5 rings (SSSR count). The van der Waals surface area contributed by atoms with E-state index < -0.39 is 0 Å². The first kappa shape index (κ1) is 29.5. The summed E-state index contributed by atoms with van der Waals surface area (Å²) in [6.07, 6.45) is 11.1. The van der Waals surface area contributed by atoms with Crippen LogP contribution in [0.1, 0.15) is 92.9 Å². The van der Waals surface area contributed by atoms with Gasteiger partial charge in [-0.25, -0.2) is 0 Å². The van der Waals surface area contributed by atoms with Crippen molar-refractivity contribution in [2.24, 2.45) is 51.8 Å². The molecule has 4 saturated carbocycles. The molecule has 0 spiro atoms. The highest BCUT2D eigenvalue weighted by Crippen LogP contribution is 2.75. The van der Waals surface area contributed by atoms with E-state index in [9.17, 15) is 4.79 Å². The standard InChI is InChI=1S/C33H54O6/c1-20(2)10-9-11-22-28-24-16-26(38-19-36-8)29-31(4)14-13-25(37-18-35-7)21(3)23(31)12-15-32(29,5)33(24,6)17-27(28)39-30(22)34/h10,21-29H,9,11-19H2,1-8H3/t21?,22?,23?,24?,25-,26?,27+,28?,29?,31+,32?,33+/m1/s1. The molecule has 0 N–H and O–H groups in total. The average Bonchev–Trinajstić information content (AvgIpc) is 3.33. The Balaban J connectivity index is 1.48. The molecule has 0 radical (unpaired) electrons. The van der Waals surface area contributed by atoms with Gasteiger partial charge in [-0.05, 0) is 105 Å². The second-order valence-electron chi connectivity index (χ2n) is 14.6. The van der Waals surface area contributed by atoms with Crippen molar-refractivity contribution in [1.29, 1.82) is 0 Å². The van der Waals surface area contributed by atoms with Crippen LogP contribution in [0.15, 0.2) is 11.6 Å². The van der Waals surface area contributed by atoms with E-state index in [2.05, 4.69) is 47.6 Å². The zero-order valence-electron chi connectivity index (χ0n) is 25.8. The molecular weight excluding hydrogens is 492 g/mol. The summed E-state index contributed by atoms with van der Waals surface area (Å²) in [5.41, 5.74) is 1.72. The van der Waals surface area contributed by atoms with Crippen LogP contribution in [0, 0.1) is 51.8 Å². The molecule has 1 saturated heterocycles. The maximum atomic E-state index is 13.1. The Morgan fingerprint density at radius 1 is 0.974 bits per heavy atom. The summed E-state index contributed by atoms with van der Waals surface area (Å²) in [5.74, 6) is 2.27. The number of carbonyl (C=O) groups is 1. The SMILES string of the molecule is COCOC1CC2C3C(CCC=C(C)C)C(=O)O[C@H]3C[C@]2(C)C2(C)CCC3C(C)[C@H](OCOC)CC[C@]3(C)C12. The Morgan fingerprint density at radius 3 is 2.33 bits per heavy atom. The molecule has 0 aromatic rings. The fourth-order valence-electron chi connectivity index (χ4n) is 11.0. The first-order chi connectivity index (χ1) is 18.5. The van der Waals surface area contributed by atoms with Crippen LogP contribution in [-0.4, -0.2) is 52.1 Å². The normalized spacial score (nSPS) is 48.5. The summed E-state index contributed by atoms with van der Waals surface area (Å²) >= 11 is 0. The molecule has 6 heteroatoms. The molecular formula is C33H54O6. The molecule has 8 unspecified atom stereocenters. The quantitative estimate of drug-likeness (QED) is 0.181. The van der Waals surface area contributed by atoms with Gasteiger partial charge in [0.25, 0.3) is 0 Å². The maximum Gasteiger partial charge on any atom is 0.309 e. The van der Waals surface area contributed by atoms with Crippen molar-refractivity contribution in [3.63, 3.8) is 0 Å². The number of methoxy groups -OCH3 is 2. The van der Waals surface area contributed by atoms with Gasteiger partial charge in [0.1, 0.15) is 19.7 Å². The fraction of sp³-hybridized carbons (Fsp3) is 0.909. The number of carbonyl (C=O) groups excluding carboxylic acids is 1. The smallest absolute Gasteiger partial charge is 0.309 e. The van der Waals surface area contributed by atoms with Crippen molar-refractivity contribution < 1.29 is 28.5 Å². The predicted octanol–water partition coefficient (Wildman–Crippen LogP) is 6.77. The number of ether oxygens (including phenoxy) is 5. The van der Waals surface area contributed by atoms with Gasteiger partial charge in [0.15, 0.2) is 0 Å². The summed E-state index contributed by atoms with van der Waals surface area (Å²) in [7, 11) is 3.44. The number of hydrogen-bond acceptors (Lipinski definition) is 6. The average molecular weight is 547 g/mol. The van der Waals surface area contributed by atoms with Gasteiger partial charge in [-0.3, -0.25) is 4.79 Å². The van der Waals surface area contributed by atoms with Crippen molar-refractivity contribution >= 4 is 5.97 Å². The van der Waals surface area contributed by atoms with Gasteiger partial charge in [-0.1, -0.05) is 39.3 Å². The molecule has 5 fully saturated rings. The van der Waals surface area contributed by atoms with E-state index in [-0.39, 0.29) is 46.4 Å². The van der Waals surface area contributed by atoms with E-state index in [1.807, 2.05) is 0 Å². The lowest BCUT2D eigenvalue weighted by atomic mass is 9.36. The largest absolute Gasteiger partial charge is 0.462 e. The van der Waals surface area contributed by atoms with E-state index >= 15 is 0 Å². The van der Waals surface area contributed by atoms with Crippen molar-refractivity contribution in [3.05, 3.63) is 11.6 Å². The van der Waals surface area contributed by atoms with Gasteiger partial charge in [0.2, 0.25) is 0 Å². The highest BCUT2D eigenvalue weighted by Gasteiger charge is 2.73. The van der Waals surface area contributed by atoms with Gasteiger partial charge in [-0.2, -0.15) is 0 Å². The minimum Gasteiger partial charge on any atom is -0.462 e. The minimum absolute atomic E-state index is 0.000898. The molecule has 0 amide bonds. The van der Waals surface area contributed by atoms with Crippen LogP contribution in [-0.2, 0) is 28.5 Å². The molecule has 12 atom stereocenters. The first-order valence-electron chi connectivity index (χ1n) is 15.6. The number of fused-ring (bicyclic) bond motifs is 7. The van der Waals surface area contributed by atoms with Crippen molar-refractivity contribution in [2.75, 3.05) is 27.8 Å². The number of esters is 1. The van der Waals surface area contributed by atoms with Gasteiger partial charge in [0.05, 0.1) is 18.1 Å². The zero-order valence-corrected chi connectivity index (χ0v) is 25.8. The molecule has 0 bridgehead atoms. The predicted molar refractivity (Wildman–Crippen MR) is 151 cm³/mol. The molecule has 6 nitrogen and oxygen atoms in total. The summed E-state index contributed by atoms with van der Waals surface area (Å²) in [6.45, 7) is 15.1. The lowest BCUT2D eigenvalue weighted by Gasteiger charge is -2.69. The third-order valence-electron chi connectivity index (χ3n) is 12.8. The maximum absolute atomic E-state index is 13.1. The van der Waals surface area contributed by atoms with Crippen LogP contribution in [0.2, 0.25) is 0 Å². The summed E-state index contributed by atoms with van der Waals surface area (Å²) in [4.78, 5) is 13.1. The van der Waals surface area contributed by atoms with Crippen LogP contribution in [0.4, 0.5) is 0 Å². The molecule has 4 aliphatic carbocycles. The van der Waals surface area contributed by atoms with E-state index in [1.54, 1.807) is 14.2 Å². The Labute approximate surface area is 236 Å². The second-order valence-corrected chi connectivity index (χ2v) is 14.6. The van der Waals surface area contributed by atoms with Gasteiger partial charge < -0.3 is 23.7 Å². The van der Waals surface area contributed by atoms with Gasteiger partial charge in [-0.15, -0.1) is 0 Å². The van der Waals surface area contributed by atoms with Crippen LogP contribution in [0.25, 0.3) is 0 Å². The van der Waals surface area contributed by atoms with E-state index in [0.29, 0.717) is 43.2 Å². The molecule has 1 heterocycles. The van der Waals surface area contributed by atoms with E-state index in [1.165, 1.54) is 18.4 Å². The molecule has 0 aromatic carbocycles. The Kier molecular flexibility index (Phi) is 8.36.